The topological polar surface area (TPSA) is 48.9 Å². The van der Waals surface area contributed by atoms with Crippen molar-refractivity contribution in [3.63, 3.8) is 0 Å². The summed E-state index contributed by atoms with van der Waals surface area (Å²) in [4.78, 5) is 17.0. The lowest BCUT2D eigenvalue weighted by molar-refractivity contribution is -0.870. The van der Waals surface area contributed by atoms with Gasteiger partial charge in [-0.1, -0.05) is 200 Å². The fourth-order valence-electron chi connectivity index (χ4n) is 15.2. The van der Waals surface area contributed by atoms with Gasteiger partial charge in [-0.15, -0.1) is 0 Å². The van der Waals surface area contributed by atoms with Gasteiger partial charge in [0.15, 0.2) is 0 Å². The Kier molecular flexibility index (Phi) is 23.3. The number of quaternary nitrogens is 6. The Morgan fingerprint density at radius 3 is 1.62 bits per heavy atom. The van der Waals surface area contributed by atoms with Crippen LogP contribution in [0.3, 0.4) is 0 Å². The van der Waals surface area contributed by atoms with Crippen LogP contribution in [0.25, 0.3) is 22.6 Å². The van der Waals surface area contributed by atoms with Crippen LogP contribution in [-0.2, 0) is 36.8 Å². The number of piperazine rings is 2. The highest BCUT2D eigenvalue weighted by atomic mass is 15.3. The van der Waals surface area contributed by atoms with Crippen LogP contribution in [0.15, 0.2) is 206 Å². The minimum atomic E-state index is 0.345. The minimum Gasteiger partial charge on any atom is -0.468 e. The van der Waals surface area contributed by atoms with Crippen molar-refractivity contribution in [3.8, 4) is 0 Å². The largest absolute Gasteiger partial charge is 0.468 e. The molecule has 91 heavy (non-hydrogen) atoms. The molecule has 16 rings (SSSR count). The Hall–Kier alpha value is -6.76. The zero-order chi connectivity index (χ0) is 62.8. The van der Waals surface area contributed by atoms with Crippen molar-refractivity contribution in [2.75, 3.05) is 98.2 Å². The SMILES string of the molecule is [CH2-][NH+]1CC=C(c2ccccc2)CC1.[CH2-][NH+]1CCC2(C=Cc3ccccc32)CC1.[CH2-][NH+]1CCC2(CCc3ccccc32)CC1.[CH2-][NH+]1CCN(C(c2ccccc2)c2ccccc2)CC1.[CH2-][NH+]1CCN(Cc2ccccc2)CC1.[CH2-][NH+]1CCc2c([nH]c3ccccc23)C1. The van der Waals surface area contributed by atoms with Crippen molar-refractivity contribution in [2.45, 2.75) is 81.3 Å². The predicted molar refractivity (Wildman–Crippen MR) is 376 cm³/mol. The number of nitrogens with one attached hydrogen (secondary N) is 7. The first-order valence-electron chi connectivity index (χ1n) is 34.3. The summed E-state index contributed by atoms with van der Waals surface area (Å²) in [7, 11) is 24.4. The summed E-state index contributed by atoms with van der Waals surface area (Å²) in [5, 5.41) is 1.40. The van der Waals surface area contributed by atoms with Gasteiger partial charge in [-0.3, -0.25) is 9.80 Å². The molecule has 2 atom stereocenters. The number of hydrogen-bond acceptors (Lipinski definition) is 2. The number of nitrogens with zero attached hydrogens (tertiary/aromatic N) is 2. The molecule has 1 aromatic heterocycles. The summed E-state index contributed by atoms with van der Waals surface area (Å²) in [6, 6.07) is 69.7. The number of para-hydroxylation sites is 1. The lowest BCUT2D eigenvalue weighted by atomic mass is 9.74. The number of fused-ring (bicyclic) bond motifs is 7. The van der Waals surface area contributed by atoms with Crippen LogP contribution in [-0.4, -0.2) is 113 Å². The first kappa shape index (κ1) is 65.7. The van der Waals surface area contributed by atoms with Gasteiger partial charge in [0.2, 0.25) is 0 Å². The van der Waals surface area contributed by atoms with Crippen molar-refractivity contribution in [2.24, 2.45) is 0 Å². The van der Waals surface area contributed by atoms with E-state index in [1.165, 1.54) is 181 Å². The van der Waals surface area contributed by atoms with Crippen LogP contribution in [0.2, 0.25) is 0 Å². The second kappa shape index (κ2) is 32.2. The summed E-state index contributed by atoms with van der Waals surface area (Å²) in [5.41, 5.74) is 18.3. The molecule has 4 fully saturated rings. The summed E-state index contributed by atoms with van der Waals surface area (Å²) >= 11 is 0. The van der Waals surface area contributed by atoms with Crippen LogP contribution in [0.1, 0.15) is 100 Å². The minimum absolute atomic E-state index is 0.345. The first-order valence-corrected chi connectivity index (χ1v) is 34.3. The van der Waals surface area contributed by atoms with E-state index in [2.05, 4.69) is 269 Å². The Balaban J connectivity index is 0.000000113. The van der Waals surface area contributed by atoms with Crippen molar-refractivity contribution in [1.82, 2.24) is 14.8 Å². The summed E-state index contributed by atoms with van der Waals surface area (Å²) in [6.45, 7) is 19.5. The zero-order valence-electron chi connectivity index (χ0n) is 54.6. The number of hydrogen-bond donors (Lipinski definition) is 7. The molecule has 7 aromatic carbocycles. The Morgan fingerprint density at radius 2 is 0.978 bits per heavy atom. The van der Waals surface area contributed by atoms with Crippen LogP contribution in [0, 0.1) is 42.3 Å². The quantitative estimate of drug-likeness (QED) is 0.0944. The van der Waals surface area contributed by atoms with Crippen LogP contribution >= 0.6 is 0 Å². The van der Waals surface area contributed by atoms with Crippen molar-refractivity contribution in [3.05, 3.63) is 304 Å². The monoisotopic (exact) mass is 1220 g/mol. The average Bonchev–Trinajstić information content (AvgIpc) is 1.77. The third-order valence-corrected chi connectivity index (χ3v) is 20.8. The summed E-state index contributed by atoms with van der Waals surface area (Å²) in [5.74, 6) is 0. The summed E-state index contributed by atoms with van der Waals surface area (Å²) in [6.07, 6.45) is 17.2. The number of aromatic amines is 1. The van der Waals surface area contributed by atoms with Gasteiger partial charge < -0.3 is 34.4 Å². The molecule has 0 radical (unpaired) electrons. The smallest absolute Gasteiger partial charge is 0.0942 e. The molecule has 0 saturated carbocycles. The standard InChI is InChI=1S/C18H22N2.C14H19N.C14H17N.C12H14N2.C12H18N2.C12H15N/c1-19-12-14-20(15-13-19)18(16-8-4-2-5-9-16)17-10-6-3-7-11-17;2*1-15-10-8-14(9-11-15)7-6-12-4-2-3-5-13(12)14;1-14-7-6-10-9-4-2-3-5-11(9)13-12(10)8-14;1-13-7-9-14(10-8-13)11-12-5-3-2-4-6-12;1-13-9-7-12(8-10-13)11-5-3-2-4-6-11/h2-11,18-19H,1,12-15H2;2-5,15H,1,6-11H2;2-7,15H,1,8-11H2;2-5,13-14H,1,6-8H2;2-6,13H,1,7-11H2;2-7,13H,1,8-10H2. The van der Waals surface area contributed by atoms with Crippen LogP contribution in [0.5, 0.6) is 0 Å². The molecule has 4 saturated heterocycles. The Labute approximate surface area is 547 Å². The van der Waals surface area contributed by atoms with Gasteiger partial charge in [-0.05, 0) is 80.6 Å². The normalized spacial score (nSPS) is 24.5. The molecule has 6 aliphatic heterocycles. The van der Waals surface area contributed by atoms with E-state index in [0.29, 0.717) is 16.9 Å². The number of likely N-dealkylation sites (tertiary alicyclic amines) is 2. The van der Waals surface area contributed by atoms with E-state index >= 15 is 0 Å². The number of aromatic nitrogens is 1. The van der Waals surface area contributed by atoms with Crippen molar-refractivity contribution < 1.29 is 29.4 Å². The molecule has 0 bridgehead atoms. The molecule has 2 aliphatic carbocycles. The van der Waals surface area contributed by atoms with Crippen LogP contribution in [0.4, 0.5) is 0 Å². The highest BCUT2D eigenvalue weighted by Crippen LogP contribution is 2.44. The second-order valence-corrected chi connectivity index (χ2v) is 27.1. The van der Waals surface area contributed by atoms with Gasteiger partial charge in [0.05, 0.1) is 90.3 Å². The Bertz CT molecular complexity index is 3460. The van der Waals surface area contributed by atoms with Crippen molar-refractivity contribution >= 4 is 22.6 Å². The molecular weight excluding hydrogens is 1110 g/mol. The maximum Gasteiger partial charge on any atom is 0.0942 e. The van der Waals surface area contributed by atoms with E-state index in [-0.39, 0.29) is 0 Å². The lowest BCUT2D eigenvalue weighted by Gasteiger charge is -2.39. The van der Waals surface area contributed by atoms with E-state index in [9.17, 15) is 0 Å². The molecule has 478 valence electrons. The molecule has 9 heteroatoms. The maximum atomic E-state index is 4.13. The number of H-pyrrole nitrogens is 1. The number of allylic oxidation sites excluding steroid dienone is 1. The lowest BCUT2D eigenvalue weighted by Crippen LogP contribution is -3.10. The highest BCUT2D eigenvalue weighted by molar-refractivity contribution is 5.84. The third kappa shape index (κ3) is 17.5. The van der Waals surface area contributed by atoms with E-state index in [0.717, 1.165) is 71.7 Å². The molecule has 7 heterocycles. The van der Waals surface area contributed by atoms with E-state index < -0.39 is 0 Å². The van der Waals surface area contributed by atoms with E-state index in [1.54, 1.807) is 11.1 Å². The molecule has 0 amide bonds. The van der Waals surface area contributed by atoms with Gasteiger partial charge in [-0.25, -0.2) is 0 Å². The highest BCUT2D eigenvalue weighted by Gasteiger charge is 2.41. The number of piperidine rings is 2. The number of rotatable bonds is 6. The molecule has 8 aromatic rings. The van der Waals surface area contributed by atoms with Gasteiger partial charge in [0.25, 0.3) is 0 Å². The van der Waals surface area contributed by atoms with Crippen molar-refractivity contribution in [1.29, 1.82) is 0 Å². The van der Waals surface area contributed by atoms with E-state index in [1.807, 2.05) is 0 Å². The summed E-state index contributed by atoms with van der Waals surface area (Å²) < 4.78 is 0. The van der Waals surface area contributed by atoms with Gasteiger partial charge in [-0.2, -0.15) is 42.3 Å². The molecule has 2 spiro atoms. The van der Waals surface area contributed by atoms with E-state index in [4.69, 9.17) is 0 Å². The first-order chi connectivity index (χ1) is 44.5. The second-order valence-electron chi connectivity index (χ2n) is 27.1. The van der Waals surface area contributed by atoms with Gasteiger partial charge in [0, 0.05) is 93.0 Å². The predicted octanol–water partition coefficient (Wildman–Crippen LogP) is 6.76. The van der Waals surface area contributed by atoms with Gasteiger partial charge in [0.1, 0.15) is 0 Å². The molecule has 9 nitrogen and oxygen atoms in total. The molecule has 7 N–H and O–H groups in total. The van der Waals surface area contributed by atoms with Crippen LogP contribution < -0.4 is 29.4 Å². The maximum absolute atomic E-state index is 4.13. The number of benzene rings is 7. The number of aryl methyl sites for hydroxylation is 1. The third-order valence-electron chi connectivity index (χ3n) is 20.8. The van der Waals surface area contributed by atoms with Gasteiger partial charge >= 0.3 is 0 Å². The molecule has 2 unspecified atom stereocenters. The average molecular weight is 1220 g/mol. The zero-order valence-corrected chi connectivity index (χ0v) is 54.6. The Morgan fingerprint density at radius 1 is 0.451 bits per heavy atom. The fraction of sp³-hybridized carbons (Fsp3) is 0.341. The fourth-order valence-corrected chi connectivity index (χ4v) is 15.2. The molecule has 8 aliphatic rings. The molecular formula is C82H105N9.